The highest BCUT2D eigenvalue weighted by molar-refractivity contribution is 5.54. The van der Waals surface area contributed by atoms with Gasteiger partial charge in [0.05, 0.1) is 22.7 Å². The van der Waals surface area contributed by atoms with E-state index in [1.54, 1.807) is 0 Å². The van der Waals surface area contributed by atoms with Crippen molar-refractivity contribution in [3.05, 3.63) is 77.9 Å². The second-order valence-electron chi connectivity index (χ2n) is 5.80. The fraction of sp³-hybridized carbons (Fsp3) is 0.182. The molecule has 0 saturated carbocycles. The van der Waals surface area contributed by atoms with Gasteiger partial charge in [-0.05, 0) is 74.0 Å². The molecule has 0 aliphatic carbocycles. The van der Waals surface area contributed by atoms with E-state index in [9.17, 15) is 0 Å². The molecule has 3 aromatic carbocycles. The summed E-state index contributed by atoms with van der Waals surface area (Å²) in [6, 6.07) is 20.9. The molecule has 5 heteroatoms. The minimum atomic E-state index is 0.722. The summed E-state index contributed by atoms with van der Waals surface area (Å²) in [5, 5.41) is 17.0. The molecular weight excluding hydrogens is 334 g/mol. The Labute approximate surface area is 160 Å². The second-order valence-corrected chi connectivity index (χ2v) is 5.80. The molecule has 0 bridgehead atoms. The number of benzene rings is 3. The van der Waals surface area contributed by atoms with Gasteiger partial charge in [0.2, 0.25) is 0 Å². The van der Waals surface area contributed by atoms with Gasteiger partial charge in [-0.25, -0.2) is 0 Å². The molecule has 0 saturated heterocycles. The topological polar surface area (TPSA) is 75.5 Å². The van der Waals surface area contributed by atoms with E-state index < -0.39 is 0 Å². The lowest BCUT2D eigenvalue weighted by Crippen LogP contribution is -1.84. The summed E-state index contributed by atoms with van der Waals surface area (Å²) < 4.78 is 0. The van der Waals surface area contributed by atoms with Gasteiger partial charge >= 0.3 is 0 Å². The first-order valence-electron chi connectivity index (χ1n) is 8.96. The van der Waals surface area contributed by atoms with Crippen molar-refractivity contribution in [2.75, 3.05) is 5.73 Å². The van der Waals surface area contributed by atoms with E-state index in [2.05, 4.69) is 20.5 Å². The van der Waals surface area contributed by atoms with Crippen LogP contribution >= 0.6 is 0 Å². The maximum Gasteiger partial charge on any atom is 0.0887 e. The first-order valence-corrected chi connectivity index (χ1v) is 8.96. The third kappa shape index (κ3) is 6.15. The number of nitrogen functional groups attached to an aromatic ring is 1. The summed E-state index contributed by atoms with van der Waals surface area (Å²) in [5.41, 5.74) is 11.8. The molecule has 0 aliphatic rings. The van der Waals surface area contributed by atoms with Crippen LogP contribution in [0.1, 0.15) is 25.0 Å². The fourth-order valence-electron chi connectivity index (χ4n) is 2.22. The number of rotatable bonds is 4. The first-order chi connectivity index (χ1) is 13.1. The summed E-state index contributed by atoms with van der Waals surface area (Å²) in [6.45, 7) is 8.00. The summed E-state index contributed by atoms with van der Waals surface area (Å²) >= 11 is 0. The van der Waals surface area contributed by atoms with Crippen molar-refractivity contribution in [1.82, 2.24) is 0 Å². The highest BCUT2D eigenvalue weighted by atomic mass is 15.1. The molecule has 3 aromatic rings. The van der Waals surface area contributed by atoms with Gasteiger partial charge < -0.3 is 5.73 Å². The van der Waals surface area contributed by atoms with Crippen molar-refractivity contribution < 1.29 is 0 Å². The molecule has 0 fully saturated rings. The Hall–Kier alpha value is -3.34. The van der Waals surface area contributed by atoms with Gasteiger partial charge in [-0.15, -0.1) is 0 Å². The zero-order valence-corrected chi connectivity index (χ0v) is 16.2. The van der Waals surface area contributed by atoms with E-state index in [0.29, 0.717) is 0 Å². The number of azo groups is 2. The maximum absolute atomic E-state index is 5.74. The largest absolute Gasteiger partial charge is 0.399 e. The average Bonchev–Trinajstić information content (AvgIpc) is 2.69. The summed E-state index contributed by atoms with van der Waals surface area (Å²) in [4.78, 5) is 0. The zero-order chi connectivity index (χ0) is 19.6. The summed E-state index contributed by atoms with van der Waals surface area (Å²) in [6.07, 6.45) is 0. The van der Waals surface area contributed by atoms with E-state index in [-0.39, 0.29) is 0 Å². The highest BCUT2D eigenvalue weighted by Crippen LogP contribution is 2.25. The Kier molecular flexibility index (Phi) is 7.37. The van der Waals surface area contributed by atoms with Crippen LogP contribution in [-0.4, -0.2) is 0 Å². The minimum Gasteiger partial charge on any atom is -0.399 e. The van der Waals surface area contributed by atoms with Crippen LogP contribution in [0.25, 0.3) is 0 Å². The van der Waals surface area contributed by atoms with Gasteiger partial charge in [-0.3, -0.25) is 0 Å². The van der Waals surface area contributed by atoms with Crippen LogP contribution < -0.4 is 5.73 Å². The summed E-state index contributed by atoms with van der Waals surface area (Å²) in [5.74, 6) is 0. The quantitative estimate of drug-likeness (QED) is 0.375. The lowest BCUT2D eigenvalue weighted by atomic mass is 10.2. The average molecular weight is 359 g/mol. The van der Waals surface area contributed by atoms with Crippen LogP contribution in [0.3, 0.4) is 0 Å². The number of nitrogens with zero attached hydrogens (tertiary/aromatic N) is 4. The Morgan fingerprint density at radius 2 is 1.04 bits per heavy atom. The van der Waals surface area contributed by atoms with Crippen LogP contribution in [0, 0.1) is 13.8 Å². The SMILES string of the molecule is CC.Cc1ccc(N=Nc2ccc(N=Nc3ccc(N)cc3C)cc2)cc1. The molecule has 3 rings (SSSR count). The molecule has 0 spiro atoms. The predicted octanol–water partition coefficient (Wildman–Crippen LogP) is 7.74. The monoisotopic (exact) mass is 359 g/mol. The molecule has 5 nitrogen and oxygen atoms in total. The van der Waals surface area contributed by atoms with Crippen LogP contribution in [0.2, 0.25) is 0 Å². The van der Waals surface area contributed by atoms with E-state index in [1.807, 2.05) is 94.4 Å². The second kappa shape index (κ2) is 9.97. The van der Waals surface area contributed by atoms with Gasteiger partial charge in [0.25, 0.3) is 0 Å². The van der Waals surface area contributed by atoms with Crippen molar-refractivity contribution in [2.24, 2.45) is 20.5 Å². The molecule has 0 heterocycles. The van der Waals surface area contributed by atoms with Crippen molar-refractivity contribution in [1.29, 1.82) is 0 Å². The predicted molar refractivity (Wildman–Crippen MR) is 113 cm³/mol. The standard InChI is InChI=1S/C20H19N5.C2H6/c1-14-3-6-17(7-4-14)22-23-18-8-10-19(11-9-18)24-25-20-12-5-16(21)13-15(20)2;1-2/h3-13H,21H2,1-2H3;1-2H3. The molecule has 0 amide bonds. The maximum atomic E-state index is 5.74. The molecule has 0 unspecified atom stereocenters. The van der Waals surface area contributed by atoms with Crippen LogP contribution in [0.4, 0.5) is 28.4 Å². The molecule has 2 N–H and O–H groups in total. The Balaban J connectivity index is 0.00000126. The Bertz CT molecular complexity index is 910. The first kappa shape index (κ1) is 20.0. The molecule has 27 heavy (non-hydrogen) atoms. The fourth-order valence-corrected chi connectivity index (χ4v) is 2.22. The van der Waals surface area contributed by atoms with Crippen LogP contribution in [0.15, 0.2) is 87.2 Å². The van der Waals surface area contributed by atoms with E-state index in [1.165, 1.54) is 5.56 Å². The van der Waals surface area contributed by atoms with E-state index in [0.717, 1.165) is 34.0 Å². The molecule has 0 aromatic heterocycles. The summed E-state index contributed by atoms with van der Waals surface area (Å²) in [7, 11) is 0. The number of nitrogens with two attached hydrogens (primary N) is 1. The van der Waals surface area contributed by atoms with Gasteiger partial charge in [0.1, 0.15) is 0 Å². The van der Waals surface area contributed by atoms with Crippen molar-refractivity contribution >= 4 is 28.4 Å². The molecule has 138 valence electrons. The molecule has 0 aliphatic heterocycles. The lowest BCUT2D eigenvalue weighted by Gasteiger charge is -2.00. The van der Waals surface area contributed by atoms with Gasteiger partial charge in [-0.1, -0.05) is 31.5 Å². The Morgan fingerprint density at radius 3 is 1.52 bits per heavy atom. The third-order valence-corrected chi connectivity index (χ3v) is 3.66. The molecule has 0 radical (unpaired) electrons. The Morgan fingerprint density at radius 1 is 0.593 bits per heavy atom. The van der Waals surface area contributed by atoms with Gasteiger partial charge in [-0.2, -0.15) is 20.5 Å². The van der Waals surface area contributed by atoms with Crippen molar-refractivity contribution in [3.8, 4) is 0 Å². The van der Waals surface area contributed by atoms with Gasteiger partial charge in [0, 0.05) is 5.69 Å². The van der Waals surface area contributed by atoms with E-state index in [4.69, 9.17) is 5.73 Å². The number of anilines is 1. The van der Waals surface area contributed by atoms with Crippen LogP contribution in [0.5, 0.6) is 0 Å². The normalized spacial score (nSPS) is 10.8. The molecular formula is C22H25N5. The number of aryl methyl sites for hydroxylation is 2. The zero-order valence-electron chi connectivity index (χ0n) is 16.2. The van der Waals surface area contributed by atoms with Crippen LogP contribution in [-0.2, 0) is 0 Å². The lowest BCUT2D eigenvalue weighted by molar-refractivity contribution is 1.20. The minimum absolute atomic E-state index is 0.722. The number of hydrogen-bond acceptors (Lipinski definition) is 5. The van der Waals surface area contributed by atoms with Crippen molar-refractivity contribution in [2.45, 2.75) is 27.7 Å². The van der Waals surface area contributed by atoms with E-state index >= 15 is 0 Å². The molecule has 0 atom stereocenters. The smallest absolute Gasteiger partial charge is 0.0887 e. The number of hydrogen-bond donors (Lipinski definition) is 1. The van der Waals surface area contributed by atoms with Crippen molar-refractivity contribution in [3.63, 3.8) is 0 Å². The third-order valence-electron chi connectivity index (χ3n) is 3.66. The van der Waals surface area contributed by atoms with Gasteiger partial charge in [0.15, 0.2) is 0 Å². The highest BCUT2D eigenvalue weighted by Gasteiger charge is 1.97.